The van der Waals surface area contributed by atoms with Crippen molar-refractivity contribution in [2.45, 2.75) is 32.2 Å². The summed E-state index contributed by atoms with van der Waals surface area (Å²) in [6.45, 7) is 3.16. The molecule has 4 N–H and O–H groups in total. The van der Waals surface area contributed by atoms with Crippen LogP contribution in [0.5, 0.6) is 5.75 Å². The second kappa shape index (κ2) is 11.4. The van der Waals surface area contributed by atoms with E-state index in [9.17, 15) is 24.2 Å². The molecule has 1 atom stereocenters. The summed E-state index contributed by atoms with van der Waals surface area (Å²) >= 11 is 6.01. The number of hydrogen-bond acceptors (Lipinski definition) is 7. The second-order valence-corrected chi connectivity index (χ2v) is 9.93. The van der Waals surface area contributed by atoms with Gasteiger partial charge in [-0.2, -0.15) is 0 Å². The van der Waals surface area contributed by atoms with Gasteiger partial charge in [0.05, 0.1) is 39.7 Å². The lowest BCUT2D eigenvalue weighted by Gasteiger charge is -2.31. The summed E-state index contributed by atoms with van der Waals surface area (Å²) in [6.07, 6.45) is 3.83. The first kappa shape index (κ1) is 27.3. The minimum absolute atomic E-state index is 0.118. The van der Waals surface area contributed by atoms with Gasteiger partial charge in [0.2, 0.25) is 0 Å². The first-order valence-electron chi connectivity index (χ1n) is 12.9. The van der Waals surface area contributed by atoms with Crippen LogP contribution in [0.2, 0.25) is 5.02 Å². The van der Waals surface area contributed by atoms with E-state index in [0.29, 0.717) is 51.3 Å². The lowest BCUT2D eigenvalue weighted by atomic mass is 9.99. The van der Waals surface area contributed by atoms with E-state index >= 15 is 0 Å². The fourth-order valence-electron chi connectivity index (χ4n) is 4.88. The zero-order valence-corrected chi connectivity index (χ0v) is 22.4. The van der Waals surface area contributed by atoms with Crippen LogP contribution in [0.3, 0.4) is 0 Å². The van der Waals surface area contributed by atoms with Gasteiger partial charge < -0.3 is 20.8 Å². The molecule has 1 fully saturated rings. The molecule has 2 aromatic carbocycles. The van der Waals surface area contributed by atoms with Gasteiger partial charge in [-0.05, 0) is 66.9 Å². The highest BCUT2D eigenvalue weighted by atomic mass is 35.5. The number of phenols is 1. The molecule has 0 radical (unpaired) electrons. The monoisotopic (exact) mass is 563 g/mol. The number of phenolic OH excluding ortho intramolecular Hbond substituents is 1. The smallest absolute Gasteiger partial charge is 0.413 e. The Morgan fingerprint density at radius 1 is 1.15 bits per heavy atom. The molecule has 40 heavy (non-hydrogen) atoms. The van der Waals surface area contributed by atoms with Crippen molar-refractivity contribution in [2.75, 3.05) is 23.3 Å². The molecule has 1 saturated heterocycles. The number of nitrogens with one attached hydrogen (secondary N) is 2. The van der Waals surface area contributed by atoms with Crippen LogP contribution >= 0.6 is 11.6 Å². The van der Waals surface area contributed by atoms with Crippen molar-refractivity contribution in [3.8, 4) is 16.9 Å². The molecule has 1 amide bonds. The number of pyridine rings is 2. The third-order valence-electron chi connectivity index (χ3n) is 6.95. The maximum atomic E-state index is 14.2. The number of fused-ring (bicyclic) bond motifs is 1. The van der Waals surface area contributed by atoms with Gasteiger partial charge in [-0.3, -0.25) is 14.7 Å². The van der Waals surface area contributed by atoms with Crippen molar-refractivity contribution >= 4 is 51.6 Å². The Hall–Kier alpha value is -4.28. The fourth-order valence-corrected chi connectivity index (χ4v) is 5.09. The minimum atomic E-state index is -1.07. The highest BCUT2D eigenvalue weighted by molar-refractivity contribution is 6.32. The molecular weight excluding hydrogens is 537 g/mol. The number of aromatic hydroxyl groups is 1. The molecule has 1 aliphatic heterocycles. The first-order valence-corrected chi connectivity index (χ1v) is 13.2. The van der Waals surface area contributed by atoms with Crippen LogP contribution in [0.1, 0.15) is 36.5 Å². The average molecular weight is 564 g/mol. The number of aromatic nitrogens is 2. The zero-order chi connectivity index (χ0) is 28.4. The number of rotatable bonds is 7. The van der Waals surface area contributed by atoms with Gasteiger partial charge in [0.1, 0.15) is 5.82 Å². The van der Waals surface area contributed by atoms with E-state index in [1.54, 1.807) is 37.3 Å². The Kier molecular flexibility index (Phi) is 7.81. The topological polar surface area (TPSA) is 128 Å². The van der Waals surface area contributed by atoms with Crippen molar-refractivity contribution in [3.05, 3.63) is 71.3 Å². The van der Waals surface area contributed by atoms with Gasteiger partial charge >= 0.3 is 6.09 Å². The van der Waals surface area contributed by atoms with Gasteiger partial charge in [-0.25, -0.2) is 14.2 Å². The molecule has 0 aliphatic carbocycles. The summed E-state index contributed by atoms with van der Waals surface area (Å²) in [5.41, 5.74) is 3.04. The summed E-state index contributed by atoms with van der Waals surface area (Å²) in [5.74, 6) is -1.29. The Balaban J connectivity index is 1.55. The number of Topliss-reactive ketones (excluding diaryl/α,β-unsaturated/α-hetero) is 1. The maximum Gasteiger partial charge on any atom is 0.413 e. The summed E-state index contributed by atoms with van der Waals surface area (Å²) in [4.78, 5) is 35.1. The molecule has 1 unspecified atom stereocenters. The van der Waals surface area contributed by atoms with Gasteiger partial charge in [0, 0.05) is 24.5 Å². The van der Waals surface area contributed by atoms with E-state index in [0.717, 1.165) is 19.4 Å². The normalized spacial score (nSPS) is 15.1. The molecule has 4 aromatic rings. The lowest BCUT2D eigenvalue weighted by molar-refractivity contribution is 0.0988. The molecular formula is C29H27ClFN5O4. The summed E-state index contributed by atoms with van der Waals surface area (Å²) in [6, 6.07) is 11.0. The van der Waals surface area contributed by atoms with Crippen LogP contribution in [0, 0.1) is 5.82 Å². The molecule has 0 saturated carbocycles. The molecule has 206 valence electrons. The minimum Gasteiger partial charge on any atom is -0.504 e. The van der Waals surface area contributed by atoms with E-state index < -0.39 is 17.7 Å². The lowest BCUT2D eigenvalue weighted by Crippen LogP contribution is -2.48. The van der Waals surface area contributed by atoms with Crippen LogP contribution in [0.4, 0.5) is 26.4 Å². The number of carboxylic acid groups (broad SMARTS) is 1. The van der Waals surface area contributed by atoms with E-state index in [1.165, 1.54) is 29.4 Å². The summed E-state index contributed by atoms with van der Waals surface area (Å²) < 4.78 is 14.2. The van der Waals surface area contributed by atoms with Crippen LogP contribution < -0.4 is 15.5 Å². The third-order valence-corrected chi connectivity index (χ3v) is 7.23. The predicted molar refractivity (Wildman–Crippen MR) is 152 cm³/mol. The van der Waals surface area contributed by atoms with E-state index in [1.807, 2.05) is 0 Å². The number of halogens is 2. The Bertz CT molecular complexity index is 1570. The van der Waals surface area contributed by atoms with E-state index in [4.69, 9.17) is 11.6 Å². The summed E-state index contributed by atoms with van der Waals surface area (Å²) in [5, 5.41) is 26.6. The molecule has 0 bridgehead atoms. The Morgan fingerprint density at radius 3 is 2.62 bits per heavy atom. The molecule has 0 spiro atoms. The van der Waals surface area contributed by atoms with Gasteiger partial charge in [0.25, 0.3) is 0 Å². The fraction of sp³-hybridized carbons (Fsp3) is 0.241. The molecule has 1 aliphatic rings. The number of benzene rings is 2. The third kappa shape index (κ3) is 5.41. The van der Waals surface area contributed by atoms with Crippen molar-refractivity contribution < 1.29 is 24.2 Å². The first-order chi connectivity index (χ1) is 19.3. The van der Waals surface area contributed by atoms with Crippen molar-refractivity contribution in [1.29, 1.82) is 0 Å². The molecule has 3 heterocycles. The van der Waals surface area contributed by atoms with E-state index in [-0.39, 0.29) is 23.3 Å². The maximum absolute atomic E-state index is 14.2. The van der Waals surface area contributed by atoms with Crippen LogP contribution in [0.15, 0.2) is 54.9 Å². The number of carbonyl (C=O) groups excluding carboxylic acids is 1. The van der Waals surface area contributed by atoms with E-state index in [2.05, 4.69) is 20.6 Å². The molecule has 11 heteroatoms. The van der Waals surface area contributed by atoms with Gasteiger partial charge in [0.15, 0.2) is 17.3 Å². The number of hydrogen-bond donors (Lipinski definition) is 4. The number of piperidine rings is 1. The number of nitrogens with zero attached hydrogens (tertiary/aromatic N) is 3. The summed E-state index contributed by atoms with van der Waals surface area (Å²) in [7, 11) is 0. The van der Waals surface area contributed by atoms with Crippen LogP contribution in [-0.2, 0) is 0 Å². The van der Waals surface area contributed by atoms with Crippen molar-refractivity contribution in [3.63, 3.8) is 0 Å². The highest BCUT2D eigenvalue weighted by Crippen LogP contribution is 2.36. The Labute approximate surface area is 234 Å². The quantitative estimate of drug-likeness (QED) is 0.191. The predicted octanol–water partition coefficient (Wildman–Crippen LogP) is 6.37. The SMILES string of the molecule is CCC(=O)c1cnc2ccc(-c3cc(F)c(O)c(Cl)c3)cc2c1Nc1ccc(N(C(=O)O)C2CCCNC2)nc1. The number of carbonyl (C=O) groups is 2. The molecule has 9 nitrogen and oxygen atoms in total. The number of amides is 1. The zero-order valence-electron chi connectivity index (χ0n) is 21.6. The van der Waals surface area contributed by atoms with Crippen LogP contribution in [-0.4, -0.2) is 51.2 Å². The Morgan fingerprint density at radius 2 is 1.98 bits per heavy atom. The second-order valence-electron chi connectivity index (χ2n) is 9.53. The van der Waals surface area contributed by atoms with Crippen molar-refractivity contribution in [2.24, 2.45) is 0 Å². The van der Waals surface area contributed by atoms with Crippen molar-refractivity contribution in [1.82, 2.24) is 15.3 Å². The number of ketones is 1. The van der Waals surface area contributed by atoms with Gasteiger partial charge in [-0.1, -0.05) is 24.6 Å². The van der Waals surface area contributed by atoms with Crippen LogP contribution in [0.25, 0.3) is 22.0 Å². The van der Waals surface area contributed by atoms with Gasteiger partial charge in [-0.15, -0.1) is 0 Å². The largest absolute Gasteiger partial charge is 0.504 e. The molecule has 2 aromatic heterocycles. The highest BCUT2D eigenvalue weighted by Gasteiger charge is 2.27. The molecule has 5 rings (SSSR count). The average Bonchev–Trinajstić information content (AvgIpc) is 2.96. The standard InChI is InChI=1S/C29H27ClFN5O4/c1-2-25(37)21-15-33-24-7-5-16(17-11-22(30)28(38)23(31)12-17)10-20(24)27(21)35-18-6-8-26(34-13-18)36(29(39)40)19-4-3-9-32-14-19/h5-8,10-13,15,19,32,38H,2-4,9,14H2,1H3,(H,33,35)(H,39,40). The number of anilines is 3.